The van der Waals surface area contributed by atoms with Gasteiger partial charge in [-0.25, -0.2) is 0 Å². The van der Waals surface area contributed by atoms with E-state index in [2.05, 4.69) is 27.7 Å². The Bertz CT molecular complexity index is 1130. The van der Waals surface area contributed by atoms with Gasteiger partial charge in [0.05, 0.1) is 13.7 Å². The first-order chi connectivity index (χ1) is 15.6. The Balaban J connectivity index is 1.89. The smallest absolute Gasteiger partial charge is 0.308 e. The Morgan fingerprint density at radius 2 is 1.85 bits per heavy atom. The van der Waals surface area contributed by atoms with Crippen LogP contribution in [0.3, 0.4) is 0 Å². The number of hydrazone groups is 1. The second-order valence-corrected chi connectivity index (χ2v) is 8.61. The van der Waals surface area contributed by atoms with Gasteiger partial charge in [0.2, 0.25) is 23.9 Å². The molecule has 2 aromatic rings. The molecule has 0 fully saturated rings. The Labute approximate surface area is 205 Å². The predicted octanol–water partition coefficient (Wildman–Crippen LogP) is 3.45. The van der Waals surface area contributed by atoms with Crippen LogP contribution in [0.4, 0.5) is 5.69 Å². The third-order valence-corrected chi connectivity index (χ3v) is 5.55. The van der Waals surface area contributed by atoms with E-state index < -0.39 is 12.2 Å². The summed E-state index contributed by atoms with van der Waals surface area (Å²) >= 11 is 2.21. The SMILES string of the molecule is COc1cc(C2=NN(C(C)=O)C(CN(C(C)=O)c3ccc(I)cc3C)O2)ccc1OC(C)=O. The number of ether oxygens (including phenoxy) is 3. The molecule has 9 nitrogen and oxygen atoms in total. The number of methoxy groups -OCH3 is 1. The molecule has 2 aromatic carbocycles. The second-order valence-electron chi connectivity index (χ2n) is 7.36. The van der Waals surface area contributed by atoms with E-state index in [0.29, 0.717) is 11.3 Å². The molecule has 2 amide bonds. The van der Waals surface area contributed by atoms with Gasteiger partial charge in [0.25, 0.3) is 0 Å². The Kier molecular flexibility index (Phi) is 7.57. The van der Waals surface area contributed by atoms with Crippen molar-refractivity contribution in [3.63, 3.8) is 0 Å². The van der Waals surface area contributed by atoms with Crippen LogP contribution < -0.4 is 14.4 Å². The number of carbonyl (C=O) groups excluding carboxylic acids is 3. The number of rotatable bonds is 6. The number of esters is 1. The van der Waals surface area contributed by atoms with Crippen LogP contribution >= 0.6 is 22.6 Å². The van der Waals surface area contributed by atoms with Crippen LogP contribution in [-0.4, -0.2) is 48.6 Å². The van der Waals surface area contributed by atoms with E-state index >= 15 is 0 Å². The van der Waals surface area contributed by atoms with Crippen LogP contribution in [0.1, 0.15) is 31.9 Å². The number of benzene rings is 2. The lowest BCUT2D eigenvalue weighted by molar-refractivity contribution is -0.135. The zero-order chi connectivity index (χ0) is 24.3. The number of nitrogens with zero attached hydrogens (tertiary/aromatic N) is 3. The highest BCUT2D eigenvalue weighted by Crippen LogP contribution is 2.31. The van der Waals surface area contributed by atoms with Gasteiger partial charge in [0.1, 0.15) is 0 Å². The van der Waals surface area contributed by atoms with Gasteiger partial charge in [-0.3, -0.25) is 14.4 Å². The zero-order valence-corrected chi connectivity index (χ0v) is 21.1. The lowest BCUT2D eigenvalue weighted by Crippen LogP contribution is -2.44. The van der Waals surface area contributed by atoms with Crippen molar-refractivity contribution < 1.29 is 28.6 Å². The molecule has 1 heterocycles. The lowest BCUT2D eigenvalue weighted by atomic mass is 10.1. The molecule has 1 atom stereocenters. The summed E-state index contributed by atoms with van der Waals surface area (Å²) in [6, 6.07) is 10.6. The van der Waals surface area contributed by atoms with E-state index in [1.54, 1.807) is 23.1 Å². The number of halogens is 1. The molecule has 1 aliphatic rings. The summed E-state index contributed by atoms with van der Waals surface area (Å²) < 4.78 is 17.5. The molecule has 1 unspecified atom stereocenters. The summed E-state index contributed by atoms with van der Waals surface area (Å²) in [6.45, 7) is 6.14. The molecule has 10 heteroatoms. The van der Waals surface area contributed by atoms with Gasteiger partial charge in [0.15, 0.2) is 11.5 Å². The molecule has 0 aliphatic carbocycles. The first kappa shape index (κ1) is 24.5. The topological polar surface area (TPSA) is 97.7 Å². The molecular weight excluding hydrogens is 541 g/mol. The van der Waals surface area contributed by atoms with Crippen molar-refractivity contribution in [3.8, 4) is 11.5 Å². The average Bonchev–Trinajstić information content (AvgIpc) is 3.16. The monoisotopic (exact) mass is 565 g/mol. The van der Waals surface area contributed by atoms with Gasteiger partial charge in [-0.05, 0) is 71.5 Å². The van der Waals surface area contributed by atoms with Crippen LogP contribution in [0, 0.1) is 10.5 Å². The molecule has 0 saturated heterocycles. The fraction of sp³-hybridized carbons (Fsp3) is 0.304. The van der Waals surface area contributed by atoms with Crippen LogP contribution in [-0.2, 0) is 19.1 Å². The molecule has 0 N–H and O–H groups in total. The summed E-state index contributed by atoms with van der Waals surface area (Å²) in [5, 5.41) is 5.53. The minimum atomic E-state index is -0.820. The van der Waals surface area contributed by atoms with Crippen molar-refractivity contribution in [3.05, 3.63) is 51.1 Å². The lowest BCUT2D eigenvalue weighted by Gasteiger charge is -2.28. The van der Waals surface area contributed by atoms with Crippen molar-refractivity contribution in [1.82, 2.24) is 5.01 Å². The molecule has 0 bridgehead atoms. The minimum absolute atomic E-state index is 0.0893. The summed E-state index contributed by atoms with van der Waals surface area (Å²) in [6.07, 6.45) is -0.820. The van der Waals surface area contributed by atoms with Crippen molar-refractivity contribution in [2.75, 3.05) is 18.6 Å². The summed E-state index contributed by atoms with van der Waals surface area (Å²) in [7, 11) is 1.45. The van der Waals surface area contributed by atoms with Crippen molar-refractivity contribution in [2.24, 2.45) is 5.10 Å². The van der Waals surface area contributed by atoms with E-state index in [9.17, 15) is 14.4 Å². The predicted molar refractivity (Wildman–Crippen MR) is 130 cm³/mol. The van der Waals surface area contributed by atoms with Crippen molar-refractivity contribution in [2.45, 2.75) is 33.9 Å². The highest BCUT2D eigenvalue weighted by Gasteiger charge is 2.35. The quantitative estimate of drug-likeness (QED) is 0.303. The highest BCUT2D eigenvalue weighted by atomic mass is 127. The van der Waals surface area contributed by atoms with E-state index in [1.165, 1.54) is 32.9 Å². The number of aryl methyl sites for hydroxylation is 1. The minimum Gasteiger partial charge on any atom is -0.493 e. The average molecular weight is 565 g/mol. The summed E-state index contributed by atoms with van der Waals surface area (Å²) in [5.74, 6) is -0.246. The molecule has 174 valence electrons. The van der Waals surface area contributed by atoms with Crippen molar-refractivity contribution in [1.29, 1.82) is 0 Å². The maximum Gasteiger partial charge on any atom is 0.308 e. The molecule has 0 aromatic heterocycles. The van der Waals surface area contributed by atoms with Crippen LogP contribution in [0.15, 0.2) is 41.5 Å². The van der Waals surface area contributed by atoms with E-state index in [0.717, 1.165) is 14.8 Å². The second kappa shape index (κ2) is 10.2. The Morgan fingerprint density at radius 1 is 1.12 bits per heavy atom. The normalized spacial score (nSPS) is 14.9. The van der Waals surface area contributed by atoms with Crippen LogP contribution in [0.5, 0.6) is 11.5 Å². The molecule has 0 saturated carbocycles. The molecule has 1 aliphatic heterocycles. The van der Waals surface area contributed by atoms with Crippen LogP contribution in [0.25, 0.3) is 0 Å². The fourth-order valence-electron chi connectivity index (χ4n) is 3.39. The first-order valence-electron chi connectivity index (χ1n) is 10.1. The molecule has 3 rings (SSSR count). The fourth-order valence-corrected chi connectivity index (χ4v) is 4.04. The molecule has 0 spiro atoms. The number of hydrogen-bond acceptors (Lipinski definition) is 7. The molecular formula is C23H24IN3O6. The third-order valence-electron chi connectivity index (χ3n) is 4.87. The number of carbonyl (C=O) groups is 3. The van der Waals surface area contributed by atoms with Gasteiger partial charge in [0, 0.05) is 35.6 Å². The van der Waals surface area contributed by atoms with Gasteiger partial charge < -0.3 is 19.1 Å². The van der Waals surface area contributed by atoms with E-state index in [-0.39, 0.29) is 30.0 Å². The number of hydrogen-bond donors (Lipinski definition) is 0. The van der Waals surface area contributed by atoms with E-state index in [1.807, 2.05) is 25.1 Å². The zero-order valence-electron chi connectivity index (χ0n) is 18.9. The summed E-state index contributed by atoms with van der Waals surface area (Å²) in [5.41, 5.74) is 2.18. The van der Waals surface area contributed by atoms with Gasteiger partial charge in [-0.15, -0.1) is 5.10 Å². The Morgan fingerprint density at radius 3 is 2.42 bits per heavy atom. The maximum absolute atomic E-state index is 12.5. The van der Waals surface area contributed by atoms with E-state index in [4.69, 9.17) is 14.2 Å². The van der Waals surface area contributed by atoms with Crippen molar-refractivity contribution >= 4 is 52.0 Å². The van der Waals surface area contributed by atoms with Gasteiger partial charge >= 0.3 is 5.97 Å². The number of anilines is 1. The highest BCUT2D eigenvalue weighted by molar-refractivity contribution is 14.1. The van der Waals surface area contributed by atoms with Gasteiger partial charge in [-0.2, -0.15) is 5.01 Å². The standard InChI is InChI=1S/C23H24IN3O6/c1-13-10-18(24)7-8-19(13)26(14(2)28)12-22-27(15(3)29)25-23(33-22)17-6-9-20(32-16(4)30)21(11-17)31-5/h6-11,22H,12H2,1-5H3. The largest absolute Gasteiger partial charge is 0.493 e. The number of amides is 2. The van der Waals surface area contributed by atoms with Gasteiger partial charge in [-0.1, -0.05) is 0 Å². The Hall–Kier alpha value is -3.15. The molecule has 33 heavy (non-hydrogen) atoms. The maximum atomic E-state index is 12.5. The van der Waals surface area contributed by atoms with Crippen LogP contribution in [0.2, 0.25) is 0 Å². The summed E-state index contributed by atoms with van der Waals surface area (Å²) in [4.78, 5) is 37.6. The molecule has 0 radical (unpaired) electrons. The third kappa shape index (κ3) is 5.62. The first-order valence-corrected chi connectivity index (χ1v) is 11.1.